The smallest absolute Gasteiger partial charge is 0.150 e. The molecule has 0 amide bonds. The first-order valence-electron chi connectivity index (χ1n) is 7.78. The summed E-state index contributed by atoms with van der Waals surface area (Å²) in [5.74, 6) is 0.532. The van der Waals surface area contributed by atoms with Gasteiger partial charge in [0, 0.05) is 12.6 Å². The van der Waals surface area contributed by atoms with Crippen LogP contribution in [0.5, 0.6) is 0 Å². The fourth-order valence-corrected chi connectivity index (χ4v) is 5.33. The van der Waals surface area contributed by atoms with Gasteiger partial charge < -0.3 is 0 Å². The molecule has 0 spiro atoms. The van der Waals surface area contributed by atoms with Crippen LogP contribution in [-0.4, -0.2) is 35.5 Å². The maximum Gasteiger partial charge on any atom is 0.150 e. The zero-order valence-corrected chi connectivity index (χ0v) is 13.0. The molecule has 1 aromatic rings. The predicted molar refractivity (Wildman–Crippen MR) is 79.8 cm³/mol. The van der Waals surface area contributed by atoms with Gasteiger partial charge in [0.25, 0.3) is 0 Å². The number of sulfone groups is 1. The fraction of sp³-hybridized carbons (Fsp3) is 0.733. The van der Waals surface area contributed by atoms with E-state index in [0.29, 0.717) is 25.3 Å². The highest BCUT2D eigenvalue weighted by Crippen LogP contribution is 2.29. The Labute approximate surface area is 125 Å². The van der Waals surface area contributed by atoms with E-state index < -0.39 is 9.84 Å². The van der Waals surface area contributed by atoms with Crippen LogP contribution >= 0.6 is 0 Å². The Bertz CT molecular complexity index is 615. The molecule has 2 heterocycles. The molecule has 1 atom stereocenters. The van der Waals surface area contributed by atoms with Crippen LogP contribution < -0.4 is 0 Å². The van der Waals surface area contributed by atoms with Gasteiger partial charge in [-0.2, -0.15) is 5.10 Å². The third-order valence-corrected chi connectivity index (χ3v) is 6.42. The van der Waals surface area contributed by atoms with Crippen molar-refractivity contribution in [2.75, 3.05) is 11.5 Å². The van der Waals surface area contributed by atoms with Crippen LogP contribution in [0, 0.1) is 5.92 Å². The lowest BCUT2D eigenvalue weighted by molar-refractivity contribution is -0.119. The van der Waals surface area contributed by atoms with E-state index in [-0.39, 0.29) is 23.2 Å². The molecule has 0 radical (unpaired) electrons. The van der Waals surface area contributed by atoms with Crippen LogP contribution in [0.4, 0.5) is 0 Å². The zero-order chi connectivity index (χ0) is 14.9. The van der Waals surface area contributed by atoms with Gasteiger partial charge in [-0.3, -0.25) is 9.48 Å². The molecule has 1 aromatic heterocycles. The van der Waals surface area contributed by atoms with Crippen LogP contribution in [0.2, 0.25) is 0 Å². The van der Waals surface area contributed by atoms with Crippen molar-refractivity contribution in [3.63, 3.8) is 0 Å². The van der Waals surface area contributed by atoms with Gasteiger partial charge >= 0.3 is 0 Å². The summed E-state index contributed by atoms with van der Waals surface area (Å²) in [7, 11) is -2.89. The van der Waals surface area contributed by atoms with Crippen molar-refractivity contribution >= 4 is 15.6 Å². The number of hydrogen-bond acceptors (Lipinski definition) is 4. The summed E-state index contributed by atoms with van der Waals surface area (Å²) in [6.07, 6.45) is 8.17. The minimum atomic E-state index is -2.89. The van der Waals surface area contributed by atoms with Crippen molar-refractivity contribution in [1.29, 1.82) is 0 Å². The van der Waals surface area contributed by atoms with Gasteiger partial charge in [-0.15, -0.1) is 0 Å². The van der Waals surface area contributed by atoms with E-state index in [0.717, 1.165) is 5.69 Å². The average molecular weight is 310 g/mol. The van der Waals surface area contributed by atoms with E-state index in [1.807, 2.05) is 16.9 Å². The Morgan fingerprint density at radius 1 is 1.29 bits per heavy atom. The summed E-state index contributed by atoms with van der Waals surface area (Å²) in [5.41, 5.74) is 0.813. The lowest BCUT2D eigenvalue weighted by Crippen LogP contribution is -2.13. The second-order valence-corrected chi connectivity index (χ2v) is 8.64. The van der Waals surface area contributed by atoms with E-state index in [1.54, 1.807) is 0 Å². The van der Waals surface area contributed by atoms with Crippen molar-refractivity contribution in [2.45, 2.75) is 51.0 Å². The number of rotatable bonds is 5. The Hall–Kier alpha value is -1.17. The van der Waals surface area contributed by atoms with Gasteiger partial charge in [0.2, 0.25) is 0 Å². The van der Waals surface area contributed by atoms with Gasteiger partial charge in [0.15, 0.2) is 9.84 Å². The SMILES string of the molecule is O=C(Cc1ccn(C2CCCC2)n1)CC1CCS(=O)(=O)C1. The van der Waals surface area contributed by atoms with Crippen molar-refractivity contribution in [3.05, 3.63) is 18.0 Å². The van der Waals surface area contributed by atoms with Crippen molar-refractivity contribution in [2.24, 2.45) is 5.92 Å². The highest BCUT2D eigenvalue weighted by molar-refractivity contribution is 7.91. The molecule has 1 saturated carbocycles. The Kier molecular flexibility index (Phi) is 4.15. The van der Waals surface area contributed by atoms with E-state index in [1.165, 1.54) is 25.7 Å². The summed E-state index contributed by atoms with van der Waals surface area (Å²) in [4.78, 5) is 12.1. The summed E-state index contributed by atoms with van der Waals surface area (Å²) in [5, 5.41) is 4.51. The average Bonchev–Trinajstić information content (AvgIpc) is 3.09. The van der Waals surface area contributed by atoms with Gasteiger partial charge in [-0.1, -0.05) is 12.8 Å². The molecule has 0 bridgehead atoms. The quantitative estimate of drug-likeness (QED) is 0.833. The van der Waals surface area contributed by atoms with Crippen LogP contribution in [0.25, 0.3) is 0 Å². The Balaban J connectivity index is 1.53. The zero-order valence-electron chi connectivity index (χ0n) is 12.2. The summed E-state index contributed by atoms with van der Waals surface area (Å²) < 4.78 is 24.8. The monoisotopic (exact) mass is 310 g/mol. The van der Waals surface area contributed by atoms with Crippen LogP contribution in [0.15, 0.2) is 12.3 Å². The first-order valence-corrected chi connectivity index (χ1v) is 9.60. The van der Waals surface area contributed by atoms with E-state index in [4.69, 9.17) is 0 Å². The third-order valence-electron chi connectivity index (χ3n) is 4.58. The Morgan fingerprint density at radius 2 is 2.05 bits per heavy atom. The number of carbonyl (C=O) groups is 1. The van der Waals surface area contributed by atoms with Gasteiger partial charge in [0.1, 0.15) is 5.78 Å². The maximum atomic E-state index is 12.1. The number of hydrogen-bond donors (Lipinski definition) is 0. The molecule has 5 nitrogen and oxygen atoms in total. The minimum Gasteiger partial charge on any atom is -0.299 e. The highest BCUT2D eigenvalue weighted by Gasteiger charge is 2.29. The van der Waals surface area contributed by atoms with Gasteiger partial charge in [-0.05, 0) is 31.2 Å². The number of ketones is 1. The molecule has 1 saturated heterocycles. The van der Waals surface area contributed by atoms with Crippen LogP contribution in [-0.2, 0) is 21.1 Å². The number of Topliss-reactive ketones (excluding diaryl/α,β-unsaturated/α-hetero) is 1. The Morgan fingerprint density at radius 3 is 2.71 bits per heavy atom. The fourth-order valence-electron chi connectivity index (χ4n) is 3.47. The lowest BCUT2D eigenvalue weighted by atomic mass is 10.00. The summed E-state index contributed by atoms with van der Waals surface area (Å²) >= 11 is 0. The lowest BCUT2D eigenvalue weighted by Gasteiger charge is -2.09. The summed E-state index contributed by atoms with van der Waals surface area (Å²) in [6, 6.07) is 2.41. The summed E-state index contributed by atoms with van der Waals surface area (Å²) in [6.45, 7) is 0. The molecular weight excluding hydrogens is 288 g/mol. The van der Waals surface area contributed by atoms with Gasteiger partial charge in [0.05, 0.1) is 29.7 Å². The second kappa shape index (κ2) is 5.91. The second-order valence-electron chi connectivity index (χ2n) is 6.41. The standard InChI is InChI=1S/C15H22N2O3S/c18-15(9-12-6-8-21(19,20)11-12)10-13-5-7-17(16-13)14-3-1-2-4-14/h5,7,12,14H,1-4,6,8-11H2. The first kappa shape index (κ1) is 14.8. The van der Waals surface area contributed by atoms with Crippen LogP contribution in [0.1, 0.15) is 50.3 Å². The molecule has 0 aromatic carbocycles. The number of aromatic nitrogens is 2. The molecule has 6 heteroatoms. The minimum absolute atomic E-state index is 0.0133. The van der Waals surface area contributed by atoms with E-state index in [9.17, 15) is 13.2 Å². The van der Waals surface area contributed by atoms with E-state index >= 15 is 0 Å². The molecule has 21 heavy (non-hydrogen) atoms. The van der Waals surface area contributed by atoms with E-state index in [2.05, 4.69) is 5.10 Å². The molecule has 116 valence electrons. The topological polar surface area (TPSA) is 69.0 Å². The molecule has 1 aliphatic heterocycles. The highest BCUT2D eigenvalue weighted by atomic mass is 32.2. The molecule has 1 unspecified atom stereocenters. The largest absolute Gasteiger partial charge is 0.299 e. The van der Waals surface area contributed by atoms with Crippen molar-refractivity contribution in [3.8, 4) is 0 Å². The third kappa shape index (κ3) is 3.73. The maximum absolute atomic E-state index is 12.1. The van der Waals surface area contributed by atoms with Crippen molar-refractivity contribution < 1.29 is 13.2 Å². The molecule has 2 aliphatic rings. The molecular formula is C15H22N2O3S. The number of nitrogens with zero attached hydrogens (tertiary/aromatic N) is 2. The van der Waals surface area contributed by atoms with Crippen LogP contribution in [0.3, 0.4) is 0 Å². The molecule has 2 fully saturated rings. The normalized spacial score (nSPS) is 25.4. The molecule has 0 N–H and O–H groups in total. The van der Waals surface area contributed by atoms with Gasteiger partial charge in [-0.25, -0.2) is 8.42 Å². The molecule has 3 rings (SSSR count). The predicted octanol–water partition coefficient (Wildman–Crippen LogP) is 1.93. The first-order chi connectivity index (χ1) is 10.0. The van der Waals surface area contributed by atoms with Crippen molar-refractivity contribution in [1.82, 2.24) is 9.78 Å². The molecule has 1 aliphatic carbocycles. The number of carbonyl (C=O) groups excluding carboxylic acids is 1.